The van der Waals surface area contributed by atoms with E-state index in [0.717, 1.165) is 11.1 Å². The van der Waals surface area contributed by atoms with E-state index < -0.39 is 0 Å². The van der Waals surface area contributed by atoms with Gasteiger partial charge in [0.1, 0.15) is 12.9 Å². The Morgan fingerprint density at radius 1 is 1.08 bits per heavy atom. The van der Waals surface area contributed by atoms with E-state index in [4.69, 9.17) is 18.9 Å². The Morgan fingerprint density at radius 3 is 2.46 bits per heavy atom. The Kier molecular flexibility index (Phi) is 6.77. The Morgan fingerprint density at radius 2 is 1.77 bits per heavy atom. The first-order valence-corrected chi connectivity index (χ1v) is 8.74. The number of carbonyl (C=O) groups excluding carboxylic acids is 1. The Hall–Kier alpha value is -2.21. The molecule has 0 saturated carbocycles. The van der Waals surface area contributed by atoms with Gasteiger partial charge in [-0.25, -0.2) is 0 Å². The third-order valence-electron chi connectivity index (χ3n) is 4.54. The van der Waals surface area contributed by atoms with E-state index in [1.807, 2.05) is 60.7 Å². The summed E-state index contributed by atoms with van der Waals surface area (Å²) in [6.45, 7) is 1.12. The van der Waals surface area contributed by atoms with E-state index >= 15 is 0 Å². The van der Waals surface area contributed by atoms with Crippen LogP contribution in [0.1, 0.15) is 23.5 Å². The molecule has 0 aromatic heterocycles. The van der Waals surface area contributed by atoms with E-state index in [0.29, 0.717) is 13.2 Å². The Bertz CT molecular complexity index is 673. The zero-order chi connectivity index (χ0) is 18.2. The molecule has 3 unspecified atom stereocenters. The second-order valence-electron chi connectivity index (χ2n) is 6.25. The molecule has 0 amide bonds. The number of hydrogen-bond acceptors (Lipinski definition) is 5. The predicted octanol–water partition coefficient (Wildman–Crippen LogP) is 3.29. The number of hydrogen-bond donors (Lipinski definition) is 0. The molecule has 26 heavy (non-hydrogen) atoms. The van der Waals surface area contributed by atoms with Crippen molar-refractivity contribution in [1.82, 2.24) is 0 Å². The van der Waals surface area contributed by atoms with Crippen molar-refractivity contribution >= 4 is 5.97 Å². The van der Waals surface area contributed by atoms with Gasteiger partial charge in [-0.1, -0.05) is 60.7 Å². The molecule has 3 atom stereocenters. The number of ether oxygens (including phenoxy) is 4. The third-order valence-corrected chi connectivity index (χ3v) is 4.54. The lowest BCUT2D eigenvalue weighted by Crippen LogP contribution is -2.34. The fourth-order valence-electron chi connectivity index (χ4n) is 3.18. The SMILES string of the molecule is COC(=O)CC(c1ccccc1)C1OCOC1COCc1ccccc1. The summed E-state index contributed by atoms with van der Waals surface area (Å²) in [4.78, 5) is 11.9. The zero-order valence-corrected chi connectivity index (χ0v) is 14.9. The number of esters is 1. The summed E-state index contributed by atoms with van der Waals surface area (Å²) < 4.78 is 22.2. The highest BCUT2D eigenvalue weighted by Gasteiger charge is 2.38. The molecule has 2 aromatic rings. The van der Waals surface area contributed by atoms with Gasteiger partial charge in [0, 0.05) is 5.92 Å². The molecule has 1 heterocycles. The van der Waals surface area contributed by atoms with E-state index in [9.17, 15) is 4.79 Å². The average molecular weight is 356 g/mol. The highest BCUT2D eigenvalue weighted by Crippen LogP contribution is 2.32. The van der Waals surface area contributed by atoms with Crippen LogP contribution in [0, 0.1) is 0 Å². The van der Waals surface area contributed by atoms with Gasteiger partial charge in [-0.05, 0) is 11.1 Å². The van der Waals surface area contributed by atoms with Crippen LogP contribution < -0.4 is 0 Å². The molecule has 3 rings (SSSR count). The molecular weight excluding hydrogens is 332 g/mol. The number of carbonyl (C=O) groups is 1. The van der Waals surface area contributed by atoms with Gasteiger partial charge >= 0.3 is 5.97 Å². The summed E-state index contributed by atoms with van der Waals surface area (Å²) in [5.74, 6) is -0.408. The van der Waals surface area contributed by atoms with E-state index in [1.165, 1.54) is 7.11 Å². The maximum Gasteiger partial charge on any atom is 0.306 e. The van der Waals surface area contributed by atoms with Gasteiger partial charge < -0.3 is 18.9 Å². The Labute approximate surface area is 153 Å². The minimum absolute atomic E-state index is 0.142. The van der Waals surface area contributed by atoms with Crippen LogP contribution in [0.3, 0.4) is 0 Å². The molecule has 0 radical (unpaired) electrons. The van der Waals surface area contributed by atoms with Crippen molar-refractivity contribution in [3.8, 4) is 0 Å². The molecule has 2 aromatic carbocycles. The van der Waals surface area contributed by atoms with Crippen molar-refractivity contribution in [3.05, 3.63) is 71.8 Å². The first-order chi connectivity index (χ1) is 12.8. The highest BCUT2D eigenvalue weighted by molar-refractivity contribution is 5.70. The summed E-state index contributed by atoms with van der Waals surface area (Å²) >= 11 is 0. The quantitative estimate of drug-likeness (QED) is 0.680. The average Bonchev–Trinajstić information content (AvgIpc) is 3.15. The lowest BCUT2D eigenvalue weighted by atomic mass is 9.87. The van der Waals surface area contributed by atoms with Crippen LogP contribution in [0.4, 0.5) is 0 Å². The predicted molar refractivity (Wildman–Crippen MR) is 96.5 cm³/mol. The largest absolute Gasteiger partial charge is 0.469 e. The van der Waals surface area contributed by atoms with Gasteiger partial charge in [0.25, 0.3) is 0 Å². The van der Waals surface area contributed by atoms with E-state index in [-0.39, 0.29) is 37.3 Å². The van der Waals surface area contributed by atoms with Crippen LogP contribution in [0.25, 0.3) is 0 Å². The standard InChI is InChI=1S/C21H24O5/c1-23-20(22)12-18(17-10-6-3-7-11-17)21-19(25-15-26-21)14-24-13-16-8-4-2-5-9-16/h2-11,18-19,21H,12-15H2,1H3. The van der Waals surface area contributed by atoms with Gasteiger partial charge in [-0.2, -0.15) is 0 Å². The lowest BCUT2D eigenvalue weighted by Gasteiger charge is -2.26. The first kappa shape index (κ1) is 18.6. The molecule has 1 aliphatic rings. The fourth-order valence-corrected chi connectivity index (χ4v) is 3.18. The fraction of sp³-hybridized carbons (Fsp3) is 0.381. The molecule has 0 bridgehead atoms. The third kappa shape index (κ3) is 4.91. The number of benzene rings is 2. The molecule has 1 saturated heterocycles. The topological polar surface area (TPSA) is 54.0 Å². The van der Waals surface area contributed by atoms with Gasteiger partial charge in [0.05, 0.1) is 32.8 Å². The maximum absolute atomic E-state index is 11.9. The van der Waals surface area contributed by atoms with Crippen LogP contribution in [-0.4, -0.2) is 38.7 Å². The van der Waals surface area contributed by atoms with E-state index in [1.54, 1.807) is 0 Å². The van der Waals surface area contributed by atoms with Crippen LogP contribution in [0.15, 0.2) is 60.7 Å². The summed E-state index contributed by atoms with van der Waals surface area (Å²) in [5.41, 5.74) is 2.14. The highest BCUT2D eigenvalue weighted by atomic mass is 16.7. The minimum Gasteiger partial charge on any atom is -0.469 e. The van der Waals surface area contributed by atoms with Crippen LogP contribution in [0.5, 0.6) is 0 Å². The first-order valence-electron chi connectivity index (χ1n) is 8.74. The van der Waals surface area contributed by atoms with Crippen molar-refractivity contribution < 1.29 is 23.7 Å². The van der Waals surface area contributed by atoms with Crippen molar-refractivity contribution in [3.63, 3.8) is 0 Å². The normalized spacial score (nSPS) is 20.7. The minimum atomic E-state index is -0.265. The zero-order valence-electron chi connectivity index (χ0n) is 14.9. The molecule has 138 valence electrons. The second kappa shape index (κ2) is 9.48. The molecule has 0 spiro atoms. The summed E-state index contributed by atoms with van der Waals surface area (Å²) in [5, 5.41) is 0. The van der Waals surface area contributed by atoms with Crippen molar-refractivity contribution in [2.24, 2.45) is 0 Å². The molecule has 5 nitrogen and oxygen atoms in total. The molecule has 1 aliphatic heterocycles. The maximum atomic E-state index is 11.9. The van der Waals surface area contributed by atoms with Gasteiger partial charge in [0.2, 0.25) is 0 Å². The van der Waals surface area contributed by atoms with Gasteiger partial charge in [-0.3, -0.25) is 4.79 Å². The van der Waals surface area contributed by atoms with Crippen molar-refractivity contribution in [2.75, 3.05) is 20.5 Å². The molecule has 0 aliphatic carbocycles. The smallest absolute Gasteiger partial charge is 0.306 e. The second-order valence-corrected chi connectivity index (χ2v) is 6.25. The number of methoxy groups -OCH3 is 1. The van der Waals surface area contributed by atoms with Gasteiger partial charge in [-0.15, -0.1) is 0 Å². The van der Waals surface area contributed by atoms with Crippen molar-refractivity contribution in [2.45, 2.75) is 31.2 Å². The summed E-state index contributed by atoms with van der Waals surface area (Å²) in [7, 11) is 1.40. The van der Waals surface area contributed by atoms with E-state index in [2.05, 4.69) is 0 Å². The Balaban J connectivity index is 1.65. The van der Waals surface area contributed by atoms with Crippen LogP contribution >= 0.6 is 0 Å². The van der Waals surface area contributed by atoms with Crippen molar-refractivity contribution in [1.29, 1.82) is 0 Å². The molecule has 5 heteroatoms. The summed E-state index contributed by atoms with van der Waals surface area (Å²) in [6.07, 6.45) is -0.246. The molecule has 0 N–H and O–H groups in total. The lowest BCUT2D eigenvalue weighted by molar-refractivity contribution is -0.142. The van der Waals surface area contributed by atoms with Gasteiger partial charge in [0.15, 0.2) is 0 Å². The monoisotopic (exact) mass is 356 g/mol. The molecular formula is C21H24O5. The summed E-state index contributed by atoms with van der Waals surface area (Å²) in [6, 6.07) is 19.8. The number of rotatable bonds is 8. The molecule has 1 fully saturated rings. The van der Waals surface area contributed by atoms with Crippen LogP contribution in [-0.2, 0) is 30.3 Å². The van der Waals surface area contributed by atoms with Crippen LogP contribution in [0.2, 0.25) is 0 Å².